The van der Waals surface area contributed by atoms with Crippen molar-refractivity contribution in [2.45, 2.75) is 13.5 Å². The van der Waals surface area contributed by atoms with Crippen LogP contribution in [0.15, 0.2) is 72.8 Å². The molecular weight excluding hydrogens is 418 g/mol. The maximum absolute atomic E-state index is 13.4. The molecule has 0 bridgehead atoms. The lowest BCUT2D eigenvalue weighted by Crippen LogP contribution is -2.25. The minimum atomic E-state index is -0.534. The van der Waals surface area contributed by atoms with Gasteiger partial charge in [0.1, 0.15) is 11.5 Å². The van der Waals surface area contributed by atoms with Gasteiger partial charge in [-0.15, -0.1) is 0 Å². The van der Waals surface area contributed by atoms with Crippen LogP contribution in [-0.4, -0.2) is 32.7 Å². The zero-order valence-corrected chi connectivity index (χ0v) is 18.8. The molecule has 1 amide bonds. The summed E-state index contributed by atoms with van der Waals surface area (Å²) in [5.41, 5.74) is 4.65. The molecule has 1 aliphatic heterocycles. The second-order valence-corrected chi connectivity index (χ2v) is 7.51. The molecule has 0 spiro atoms. The van der Waals surface area contributed by atoms with Crippen LogP contribution in [-0.2, 0) is 20.9 Å². The Kier molecular flexibility index (Phi) is 6.45. The highest BCUT2D eigenvalue weighted by atomic mass is 16.5. The number of esters is 1. The Hall–Kier alpha value is -4.06. The summed E-state index contributed by atoms with van der Waals surface area (Å²) in [6.07, 6.45) is 1.29. The third kappa shape index (κ3) is 4.60. The zero-order chi connectivity index (χ0) is 23.4. The molecule has 3 aromatic carbocycles. The van der Waals surface area contributed by atoms with E-state index in [9.17, 15) is 9.59 Å². The number of ether oxygens (including phenoxy) is 3. The minimum absolute atomic E-state index is 0.235. The highest BCUT2D eigenvalue weighted by Crippen LogP contribution is 2.40. The van der Waals surface area contributed by atoms with E-state index >= 15 is 0 Å². The van der Waals surface area contributed by atoms with Crippen LogP contribution in [0.2, 0.25) is 0 Å². The molecular formula is C27H25NO5. The summed E-state index contributed by atoms with van der Waals surface area (Å²) >= 11 is 0. The van der Waals surface area contributed by atoms with Crippen molar-refractivity contribution in [2.24, 2.45) is 0 Å². The number of hydrogen-bond donors (Lipinski definition) is 0. The van der Waals surface area contributed by atoms with Crippen molar-refractivity contribution in [3.8, 4) is 22.6 Å². The van der Waals surface area contributed by atoms with Crippen molar-refractivity contribution in [1.82, 2.24) is 0 Å². The third-order valence-electron chi connectivity index (χ3n) is 5.52. The fraction of sp³-hybridized carbons (Fsp3) is 0.185. The first-order chi connectivity index (χ1) is 16.0. The van der Waals surface area contributed by atoms with Gasteiger partial charge < -0.3 is 19.1 Å². The van der Waals surface area contributed by atoms with Crippen molar-refractivity contribution in [1.29, 1.82) is 0 Å². The monoisotopic (exact) mass is 443 g/mol. The second-order valence-electron chi connectivity index (χ2n) is 7.51. The Bertz CT molecular complexity index is 1200. The first kappa shape index (κ1) is 22.1. The van der Waals surface area contributed by atoms with Gasteiger partial charge in [0, 0.05) is 11.6 Å². The van der Waals surface area contributed by atoms with Crippen LogP contribution in [0.25, 0.3) is 16.7 Å². The number of nitrogens with zero attached hydrogens (tertiary/aromatic N) is 1. The van der Waals surface area contributed by atoms with Crippen LogP contribution in [0.3, 0.4) is 0 Å². The van der Waals surface area contributed by atoms with E-state index in [1.807, 2.05) is 66.7 Å². The predicted molar refractivity (Wildman–Crippen MR) is 127 cm³/mol. The molecule has 0 radical (unpaired) electrons. The normalized spacial score (nSPS) is 13.7. The van der Waals surface area contributed by atoms with E-state index in [0.717, 1.165) is 33.9 Å². The van der Waals surface area contributed by atoms with Gasteiger partial charge in [0.2, 0.25) is 0 Å². The van der Waals surface area contributed by atoms with Crippen molar-refractivity contribution in [2.75, 3.05) is 25.7 Å². The molecule has 0 aromatic heterocycles. The van der Waals surface area contributed by atoms with Crippen LogP contribution < -0.4 is 14.4 Å². The van der Waals surface area contributed by atoms with Crippen LogP contribution in [0, 0.1) is 0 Å². The standard InChI is InChI=1S/C27H25NO5/c1-4-33-26(29)16-24-23-15-20(19-7-12-22(32-3)13-8-19)9-14-25(23)28(27(24)30)17-18-5-10-21(31-2)11-6-18/h5-16H,4,17H2,1-3H3/b24-16-. The second kappa shape index (κ2) is 9.61. The summed E-state index contributed by atoms with van der Waals surface area (Å²) < 4.78 is 15.5. The summed E-state index contributed by atoms with van der Waals surface area (Å²) in [7, 11) is 3.24. The molecule has 0 saturated carbocycles. The molecule has 168 valence electrons. The van der Waals surface area contributed by atoms with E-state index < -0.39 is 5.97 Å². The van der Waals surface area contributed by atoms with Crippen molar-refractivity contribution in [3.05, 3.63) is 83.9 Å². The zero-order valence-electron chi connectivity index (χ0n) is 18.8. The number of rotatable bonds is 7. The number of anilines is 1. The lowest BCUT2D eigenvalue weighted by molar-refractivity contribution is -0.137. The fourth-order valence-electron chi connectivity index (χ4n) is 3.83. The Balaban J connectivity index is 1.74. The lowest BCUT2D eigenvalue weighted by atomic mass is 9.99. The van der Waals surface area contributed by atoms with Crippen LogP contribution in [0.4, 0.5) is 5.69 Å². The molecule has 0 fully saturated rings. The highest BCUT2D eigenvalue weighted by Gasteiger charge is 2.33. The van der Waals surface area contributed by atoms with Crippen molar-refractivity contribution >= 4 is 23.1 Å². The van der Waals surface area contributed by atoms with Gasteiger partial charge in [-0.3, -0.25) is 4.79 Å². The van der Waals surface area contributed by atoms with Gasteiger partial charge in [-0.1, -0.05) is 30.3 Å². The molecule has 6 heteroatoms. The molecule has 0 unspecified atom stereocenters. The summed E-state index contributed by atoms with van der Waals surface area (Å²) in [5.74, 6) is 0.747. The third-order valence-corrected chi connectivity index (χ3v) is 5.52. The van der Waals surface area contributed by atoms with Crippen molar-refractivity contribution < 1.29 is 23.8 Å². The van der Waals surface area contributed by atoms with E-state index in [1.54, 1.807) is 26.0 Å². The van der Waals surface area contributed by atoms with E-state index in [1.165, 1.54) is 6.08 Å². The van der Waals surface area contributed by atoms with Gasteiger partial charge in [-0.2, -0.15) is 0 Å². The quantitative estimate of drug-likeness (QED) is 0.385. The Morgan fingerprint density at radius 1 is 0.879 bits per heavy atom. The average Bonchev–Trinajstić information content (AvgIpc) is 3.10. The Morgan fingerprint density at radius 2 is 1.48 bits per heavy atom. The predicted octanol–water partition coefficient (Wildman–Crippen LogP) is 4.86. The van der Waals surface area contributed by atoms with Crippen molar-refractivity contribution in [3.63, 3.8) is 0 Å². The summed E-state index contributed by atoms with van der Waals surface area (Å²) in [5, 5.41) is 0. The van der Waals surface area contributed by atoms with Gasteiger partial charge in [0.15, 0.2) is 0 Å². The maximum atomic E-state index is 13.4. The molecule has 0 N–H and O–H groups in total. The molecule has 3 aromatic rings. The van der Waals surface area contributed by atoms with Crippen LogP contribution in [0.1, 0.15) is 18.1 Å². The first-order valence-corrected chi connectivity index (χ1v) is 10.7. The number of fused-ring (bicyclic) bond motifs is 1. The minimum Gasteiger partial charge on any atom is -0.497 e. The lowest BCUT2D eigenvalue weighted by Gasteiger charge is -2.18. The van der Waals surface area contributed by atoms with E-state index in [-0.39, 0.29) is 12.5 Å². The number of carbonyl (C=O) groups excluding carboxylic acids is 2. The van der Waals surface area contributed by atoms with Gasteiger partial charge >= 0.3 is 5.97 Å². The van der Waals surface area contributed by atoms with E-state index in [4.69, 9.17) is 14.2 Å². The SMILES string of the molecule is CCOC(=O)/C=C1\C(=O)N(Cc2ccc(OC)cc2)c2ccc(-c3ccc(OC)cc3)cc21. The largest absolute Gasteiger partial charge is 0.497 e. The maximum Gasteiger partial charge on any atom is 0.331 e. The fourth-order valence-corrected chi connectivity index (χ4v) is 3.83. The summed E-state index contributed by atoms with van der Waals surface area (Å²) in [6, 6.07) is 21.1. The van der Waals surface area contributed by atoms with Crippen LogP contribution in [0.5, 0.6) is 11.5 Å². The smallest absolute Gasteiger partial charge is 0.331 e. The van der Waals surface area contributed by atoms with Gasteiger partial charge in [0.05, 0.1) is 38.6 Å². The number of hydrogen-bond acceptors (Lipinski definition) is 5. The highest BCUT2D eigenvalue weighted by molar-refractivity contribution is 6.34. The molecule has 0 atom stereocenters. The molecule has 1 aliphatic rings. The molecule has 4 rings (SSSR count). The molecule has 0 aliphatic carbocycles. The molecule has 1 heterocycles. The Morgan fingerprint density at radius 3 is 2.09 bits per heavy atom. The summed E-state index contributed by atoms with van der Waals surface area (Å²) in [4.78, 5) is 27.3. The van der Waals surface area contributed by atoms with Gasteiger partial charge in [-0.25, -0.2) is 4.79 Å². The number of amides is 1. The average molecular weight is 443 g/mol. The number of methoxy groups -OCH3 is 2. The number of benzene rings is 3. The van der Waals surface area contributed by atoms with Gasteiger partial charge in [-0.05, 0) is 60.0 Å². The van der Waals surface area contributed by atoms with E-state index in [2.05, 4.69) is 0 Å². The Labute approximate surface area is 193 Å². The molecule has 0 saturated heterocycles. The topological polar surface area (TPSA) is 65.1 Å². The molecule has 33 heavy (non-hydrogen) atoms. The summed E-state index contributed by atoms with van der Waals surface area (Å²) in [6.45, 7) is 2.35. The van der Waals surface area contributed by atoms with Gasteiger partial charge in [0.25, 0.3) is 5.91 Å². The molecule has 6 nitrogen and oxygen atoms in total. The van der Waals surface area contributed by atoms with Crippen LogP contribution >= 0.6 is 0 Å². The first-order valence-electron chi connectivity index (χ1n) is 10.7. The number of carbonyl (C=O) groups is 2. The van der Waals surface area contributed by atoms with E-state index in [0.29, 0.717) is 17.7 Å².